The Morgan fingerprint density at radius 1 is 1.36 bits per heavy atom. The van der Waals surface area contributed by atoms with Crippen LogP contribution in [0, 0.1) is 0 Å². The van der Waals surface area contributed by atoms with Crippen molar-refractivity contribution in [3.8, 4) is 5.75 Å². The minimum absolute atomic E-state index is 0.0674. The van der Waals surface area contributed by atoms with E-state index in [2.05, 4.69) is 44.9 Å². The Hall–Kier alpha value is -1.95. The lowest BCUT2D eigenvalue weighted by atomic mass is 9.80. The number of hydrogen-bond acceptors (Lipinski definition) is 5. The van der Waals surface area contributed by atoms with E-state index in [0.717, 1.165) is 35.9 Å². The number of rotatable bonds is 4. The van der Waals surface area contributed by atoms with E-state index < -0.39 is 0 Å². The van der Waals surface area contributed by atoms with E-state index in [1.54, 1.807) is 13.2 Å². The molecule has 2 amide bonds. The van der Waals surface area contributed by atoms with Crippen LogP contribution in [0.3, 0.4) is 0 Å². The molecule has 1 fully saturated rings. The van der Waals surface area contributed by atoms with E-state index >= 15 is 0 Å². The van der Waals surface area contributed by atoms with Crippen LogP contribution in [0.15, 0.2) is 17.0 Å². The molecule has 3 rings (SSSR count). The summed E-state index contributed by atoms with van der Waals surface area (Å²) in [5.41, 5.74) is 3.31. The van der Waals surface area contributed by atoms with Gasteiger partial charge >= 0.3 is 0 Å². The van der Waals surface area contributed by atoms with Crippen LogP contribution in [0.5, 0.6) is 5.75 Å². The van der Waals surface area contributed by atoms with Crippen LogP contribution in [0.4, 0.5) is 10.5 Å². The summed E-state index contributed by atoms with van der Waals surface area (Å²) < 4.78 is 5.64. The van der Waals surface area contributed by atoms with Gasteiger partial charge in [0.2, 0.25) is 0 Å². The number of nitrogens with zero attached hydrogens (tertiary/aromatic N) is 2. The molecule has 1 aromatic carbocycles. The lowest BCUT2D eigenvalue weighted by Gasteiger charge is -2.45. The van der Waals surface area contributed by atoms with E-state index in [1.165, 1.54) is 10.5 Å². The van der Waals surface area contributed by atoms with Gasteiger partial charge in [-0.15, -0.1) is 0 Å². The van der Waals surface area contributed by atoms with E-state index in [9.17, 15) is 9.59 Å². The Morgan fingerprint density at radius 3 is 2.64 bits per heavy atom. The molecule has 5 nitrogen and oxygen atoms in total. The first kappa shape index (κ1) is 20.8. The van der Waals surface area contributed by atoms with Crippen molar-refractivity contribution in [2.24, 2.45) is 0 Å². The fourth-order valence-corrected chi connectivity index (χ4v) is 5.00. The van der Waals surface area contributed by atoms with Gasteiger partial charge in [-0.1, -0.05) is 13.8 Å². The standard InChI is InChI=1S/C22H30N2O3S/c1-8-14(3)24-20(25)19(28-21(24)26)10-15-9-16-13(2)12-22(4,5)23(6)17(16)11-18(15)27-7/h9-11,13-14H,8,12H2,1-7H3/b19-10-. The van der Waals surface area contributed by atoms with Crippen LogP contribution in [0.25, 0.3) is 6.08 Å². The van der Waals surface area contributed by atoms with Crippen molar-refractivity contribution in [1.82, 2.24) is 4.90 Å². The van der Waals surface area contributed by atoms with Gasteiger partial charge < -0.3 is 9.64 Å². The average molecular weight is 403 g/mol. The highest BCUT2D eigenvalue weighted by molar-refractivity contribution is 8.18. The first-order chi connectivity index (χ1) is 13.1. The summed E-state index contributed by atoms with van der Waals surface area (Å²) in [4.78, 5) is 29.2. The van der Waals surface area contributed by atoms with E-state index in [0.29, 0.717) is 16.6 Å². The molecule has 152 valence electrons. The van der Waals surface area contributed by atoms with Crippen LogP contribution >= 0.6 is 11.8 Å². The second-order valence-corrected chi connectivity index (χ2v) is 9.43. The molecule has 0 N–H and O–H groups in total. The Morgan fingerprint density at radius 2 is 2.04 bits per heavy atom. The first-order valence-corrected chi connectivity index (χ1v) is 10.6. The van der Waals surface area contributed by atoms with Gasteiger partial charge in [0, 0.05) is 35.9 Å². The number of imide groups is 1. The van der Waals surface area contributed by atoms with E-state index in [1.807, 2.05) is 13.8 Å². The van der Waals surface area contributed by atoms with Gasteiger partial charge in [-0.3, -0.25) is 14.5 Å². The summed E-state index contributed by atoms with van der Waals surface area (Å²) in [6.45, 7) is 10.6. The number of fused-ring (bicyclic) bond motifs is 1. The SMILES string of the molecule is CCC(C)N1C(=O)S/C(=C\c2cc3c(cc2OC)N(C)C(C)(C)CC3C)C1=O. The molecular formula is C22H30N2O3S. The number of benzene rings is 1. The van der Waals surface area contributed by atoms with E-state index in [4.69, 9.17) is 4.74 Å². The highest BCUT2D eigenvalue weighted by atomic mass is 32.2. The number of hydrogen-bond donors (Lipinski definition) is 0. The first-order valence-electron chi connectivity index (χ1n) is 9.83. The number of methoxy groups -OCH3 is 1. The summed E-state index contributed by atoms with van der Waals surface area (Å²) >= 11 is 1.01. The Labute approximate surface area is 172 Å². The number of amides is 2. The van der Waals surface area contributed by atoms with E-state index in [-0.39, 0.29) is 22.7 Å². The highest BCUT2D eigenvalue weighted by Gasteiger charge is 2.38. The van der Waals surface area contributed by atoms with Gasteiger partial charge in [-0.25, -0.2) is 0 Å². The van der Waals surface area contributed by atoms with Crippen molar-refractivity contribution < 1.29 is 14.3 Å². The van der Waals surface area contributed by atoms with Crippen LogP contribution in [0.2, 0.25) is 0 Å². The smallest absolute Gasteiger partial charge is 0.293 e. The maximum atomic E-state index is 12.8. The van der Waals surface area contributed by atoms with Crippen LogP contribution in [-0.2, 0) is 4.79 Å². The van der Waals surface area contributed by atoms with Crippen molar-refractivity contribution in [2.45, 2.75) is 65.0 Å². The van der Waals surface area contributed by atoms with Gasteiger partial charge in [-0.2, -0.15) is 0 Å². The Kier molecular flexibility index (Phi) is 5.54. The second-order valence-electron chi connectivity index (χ2n) is 8.44. The van der Waals surface area contributed by atoms with Crippen molar-refractivity contribution in [3.63, 3.8) is 0 Å². The topological polar surface area (TPSA) is 49.9 Å². The van der Waals surface area contributed by atoms with Crippen molar-refractivity contribution in [3.05, 3.63) is 28.2 Å². The minimum Gasteiger partial charge on any atom is -0.496 e. The van der Waals surface area contributed by atoms with Gasteiger partial charge in [-0.05, 0) is 69.0 Å². The Balaban J connectivity index is 2.05. The Bertz CT molecular complexity index is 846. The molecule has 0 saturated carbocycles. The molecule has 2 atom stereocenters. The number of anilines is 1. The summed E-state index contributed by atoms with van der Waals surface area (Å²) in [6, 6.07) is 4.07. The lowest BCUT2D eigenvalue weighted by Crippen LogP contribution is -2.45. The van der Waals surface area contributed by atoms with Crippen molar-refractivity contribution in [2.75, 3.05) is 19.1 Å². The maximum Gasteiger partial charge on any atom is 0.293 e. The summed E-state index contributed by atoms with van der Waals surface area (Å²) in [7, 11) is 3.75. The zero-order chi connectivity index (χ0) is 20.8. The molecule has 0 bridgehead atoms. The molecule has 2 unspecified atom stereocenters. The van der Waals surface area contributed by atoms with Gasteiger partial charge in [0.25, 0.3) is 11.1 Å². The number of carbonyl (C=O) groups excluding carboxylic acids is 2. The van der Waals surface area contributed by atoms with Crippen molar-refractivity contribution in [1.29, 1.82) is 0 Å². The van der Waals surface area contributed by atoms with Crippen LogP contribution in [0.1, 0.15) is 64.5 Å². The molecule has 6 heteroatoms. The fourth-order valence-electron chi connectivity index (χ4n) is 4.08. The molecule has 28 heavy (non-hydrogen) atoms. The molecule has 0 aliphatic carbocycles. The molecule has 2 aliphatic heterocycles. The summed E-state index contributed by atoms with van der Waals surface area (Å²) in [5, 5.41) is -0.197. The van der Waals surface area contributed by atoms with Crippen molar-refractivity contribution >= 4 is 34.7 Å². The normalized spacial score (nSPS) is 24.0. The van der Waals surface area contributed by atoms with Crippen LogP contribution < -0.4 is 9.64 Å². The third kappa shape index (κ3) is 3.43. The average Bonchev–Trinajstić information content (AvgIpc) is 2.92. The highest BCUT2D eigenvalue weighted by Crippen LogP contribution is 2.46. The largest absolute Gasteiger partial charge is 0.496 e. The number of ether oxygens (including phenoxy) is 1. The third-order valence-electron chi connectivity index (χ3n) is 6.13. The maximum absolute atomic E-state index is 12.8. The lowest BCUT2D eigenvalue weighted by molar-refractivity contribution is -0.124. The zero-order valence-electron chi connectivity index (χ0n) is 17.8. The predicted molar refractivity (Wildman–Crippen MR) is 116 cm³/mol. The zero-order valence-corrected chi connectivity index (χ0v) is 18.6. The fraction of sp³-hybridized carbons (Fsp3) is 0.545. The van der Waals surface area contributed by atoms with Gasteiger partial charge in [0.05, 0.1) is 12.0 Å². The summed E-state index contributed by atoms with van der Waals surface area (Å²) in [6.07, 6.45) is 3.60. The van der Waals surface area contributed by atoms with Gasteiger partial charge in [0.15, 0.2) is 0 Å². The summed E-state index contributed by atoms with van der Waals surface area (Å²) in [5.74, 6) is 0.899. The van der Waals surface area contributed by atoms with Crippen LogP contribution in [-0.4, -0.2) is 41.8 Å². The molecular weight excluding hydrogens is 372 g/mol. The second kappa shape index (κ2) is 7.47. The molecule has 1 saturated heterocycles. The molecule has 0 aromatic heterocycles. The quantitative estimate of drug-likeness (QED) is 0.644. The third-order valence-corrected chi connectivity index (χ3v) is 7.01. The molecule has 2 heterocycles. The molecule has 0 spiro atoms. The molecule has 2 aliphatic rings. The number of thioether (sulfide) groups is 1. The minimum atomic E-state index is -0.213. The monoisotopic (exact) mass is 402 g/mol. The molecule has 0 radical (unpaired) electrons. The number of carbonyl (C=O) groups is 2. The van der Waals surface area contributed by atoms with Gasteiger partial charge in [0.1, 0.15) is 5.75 Å². The predicted octanol–water partition coefficient (Wildman–Crippen LogP) is 5.25. The molecule has 1 aromatic rings.